The fourth-order valence-electron chi connectivity index (χ4n) is 2.92. The molecule has 1 atom stereocenters. The maximum Gasteiger partial charge on any atom is 0.261 e. The molecule has 3 heterocycles. The Morgan fingerprint density at radius 3 is 2.82 bits per heavy atom. The lowest BCUT2D eigenvalue weighted by Crippen LogP contribution is -2.23. The molecular weight excluding hydrogens is 299 g/mol. The molecule has 0 spiro atoms. The van der Waals surface area contributed by atoms with Gasteiger partial charge in [0.25, 0.3) is 5.56 Å². The topological polar surface area (TPSA) is 34.9 Å². The summed E-state index contributed by atoms with van der Waals surface area (Å²) in [6.07, 6.45) is 2.43. The highest BCUT2D eigenvalue weighted by molar-refractivity contribution is 8.00. The van der Waals surface area contributed by atoms with Crippen molar-refractivity contribution in [2.75, 3.05) is 0 Å². The van der Waals surface area contributed by atoms with Crippen LogP contribution >= 0.6 is 11.8 Å². The molecule has 0 radical (unpaired) electrons. The van der Waals surface area contributed by atoms with Crippen LogP contribution in [-0.4, -0.2) is 14.8 Å². The second kappa shape index (κ2) is 4.95. The monoisotopic (exact) mass is 312 g/mol. The zero-order chi connectivity index (χ0) is 15.3. The van der Waals surface area contributed by atoms with Crippen LogP contribution in [0.2, 0.25) is 0 Å². The molecule has 0 bridgehead atoms. The summed E-state index contributed by atoms with van der Waals surface area (Å²) in [6.45, 7) is 2.12. The molecule has 3 aromatic rings. The first kappa shape index (κ1) is 13.5. The quantitative estimate of drug-likeness (QED) is 0.689. The van der Waals surface area contributed by atoms with Crippen molar-refractivity contribution in [3.8, 4) is 5.69 Å². The minimum absolute atomic E-state index is 0.0512. The lowest BCUT2D eigenvalue weighted by molar-refractivity contribution is 0.627. The maximum atomic E-state index is 13.2. The fourth-order valence-corrected chi connectivity index (χ4v) is 4.17. The van der Waals surface area contributed by atoms with Crippen molar-refractivity contribution in [2.24, 2.45) is 0 Å². The van der Waals surface area contributed by atoms with Gasteiger partial charge in [0, 0.05) is 27.3 Å². The molecule has 5 heteroatoms. The van der Waals surface area contributed by atoms with Crippen molar-refractivity contribution in [1.82, 2.24) is 9.55 Å². The van der Waals surface area contributed by atoms with Crippen molar-refractivity contribution in [1.29, 1.82) is 0 Å². The number of pyridine rings is 2. The summed E-state index contributed by atoms with van der Waals surface area (Å²) in [5.41, 5.74) is 2.05. The number of hydrogen-bond acceptors (Lipinski definition) is 3. The van der Waals surface area contributed by atoms with Crippen LogP contribution in [0.25, 0.3) is 16.7 Å². The third-order valence-corrected chi connectivity index (χ3v) is 5.14. The van der Waals surface area contributed by atoms with Crippen LogP contribution in [0.4, 0.5) is 4.39 Å². The number of nitrogens with zero attached hydrogens (tertiary/aromatic N) is 2. The number of benzene rings is 1. The second-order valence-electron chi connectivity index (χ2n) is 5.43. The van der Waals surface area contributed by atoms with E-state index in [1.807, 2.05) is 12.1 Å². The molecule has 0 amide bonds. The highest BCUT2D eigenvalue weighted by atomic mass is 32.2. The molecule has 2 aromatic heterocycles. The number of hydrogen-bond donors (Lipinski definition) is 0. The number of thioether (sulfide) groups is 1. The van der Waals surface area contributed by atoms with Crippen LogP contribution in [0.5, 0.6) is 0 Å². The Kier molecular flexibility index (Phi) is 3.04. The molecule has 0 saturated heterocycles. The molecule has 0 N–H and O–H groups in total. The minimum Gasteiger partial charge on any atom is -0.269 e. The van der Waals surface area contributed by atoms with E-state index >= 15 is 0 Å². The number of fused-ring (bicyclic) bond motifs is 3. The van der Waals surface area contributed by atoms with E-state index in [0.29, 0.717) is 16.6 Å². The minimum atomic E-state index is -0.320. The van der Waals surface area contributed by atoms with Gasteiger partial charge in [-0.05, 0) is 42.8 Å². The summed E-state index contributed by atoms with van der Waals surface area (Å²) in [5, 5.41) is 1.37. The molecule has 1 aliphatic heterocycles. The first-order valence-electron chi connectivity index (χ1n) is 7.10. The molecule has 1 aliphatic rings. The Bertz CT molecular complexity index is 934. The van der Waals surface area contributed by atoms with Crippen molar-refractivity contribution >= 4 is 22.8 Å². The zero-order valence-electron chi connectivity index (χ0n) is 11.9. The Morgan fingerprint density at radius 2 is 2.05 bits per heavy atom. The van der Waals surface area contributed by atoms with Gasteiger partial charge in [-0.25, -0.2) is 9.37 Å². The van der Waals surface area contributed by atoms with E-state index in [0.717, 1.165) is 22.3 Å². The lowest BCUT2D eigenvalue weighted by Gasteiger charge is -2.12. The Hall–Kier alpha value is -2.14. The van der Waals surface area contributed by atoms with Gasteiger partial charge in [-0.3, -0.25) is 9.36 Å². The molecule has 4 rings (SSSR count). The average molecular weight is 312 g/mol. The van der Waals surface area contributed by atoms with Crippen LogP contribution < -0.4 is 5.56 Å². The number of halogens is 1. The SMILES string of the molecule is CC1Cc2c(c3cccnc3n(-c3ccc(F)cc3)c2=O)S1. The van der Waals surface area contributed by atoms with Crippen LogP contribution in [0.3, 0.4) is 0 Å². The van der Waals surface area contributed by atoms with E-state index in [-0.39, 0.29) is 11.4 Å². The summed E-state index contributed by atoms with van der Waals surface area (Å²) in [6, 6.07) is 9.82. The van der Waals surface area contributed by atoms with Crippen molar-refractivity contribution in [2.45, 2.75) is 23.5 Å². The molecule has 110 valence electrons. The van der Waals surface area contributed by atoms with Crippen LogP contribution in [0.15, 0.2) is 52.3 Å². The van der Waals surface area contributed by atoms with Gasteiger partial charge in [0.2, 0.25) is 0 Å². The van der Waals surface area contributed by atoms with Crippen LogP contribution in [0, 0.1) is 5.82 Å². The van der Waals surface area contributed by atoms with Crippen LogP contribution in [0.1, 0.15) is 12.5 Å². The number of aromatic nitrogens is 2. The predicted octanol–water partition coefficient (Wildman–Crippen LogP) is 3.56. The summed E-state index contributed by atoms with van der Waals surface area (Å²) in [7, 11) is 0. The maximum absolute atomic E-state index is 13.2. The zero-order valence-corrected chi connectivity index (χ0v) is 12.7. The summed E-state index contributed by atoms with van der Waals surface area (Å²) < 4.78 is 14.8. The van der Waals surface area contributed by atoms with E-state index < -0.39 is 0 Å². The smallest absolute Gasteiger partial charge is 0.261 e. The van der Waals surface area contributed by atoms with E-state index in [1.54, 1.807) is 34.7 Å². The third-order valence-electron chi connectivity index (χ3n) is 3.87. The van der Waals surface area contributed by atoms with Gasteiger partial charge in [-0.1, -0.05) is 6.92 Å². The molecule has 22 heavy (non-hydrogen) atoms. The van der Waals surface area contributed by atoms with E-state index in [2.05, 4.69) is 11.9 Å². The number of rotatable bonds is 1. The first-order chi connectivity index (χ1) is 10.6. The largest absolute Gasteiger partial charge is 0.269 e. The highest BCUT2D eigenvalue weighted by Gasteiger charge is 2.26. The summed E-state index contributed by atoms with van der Waals surface area (Å²) in [4.78, 5) is 18.4. The van der Waals surface area contributed by atoms with Gasteiger partial charge in [-0.15, -0.1) is 11.8 Å². The Labute approximate surface area is 130 Å². The van der Waals surface area contributed by atoms with Gasteiger partial charge in [-0.2, -0.15) is 0 Å². The fraction of sp³-hybridized carbons (Fsp3) is 0.176. The van der Waals surface area contributed by atoms with E-state index in [4.69, 9.17) is 0 Å². The molecule has 1 aromatic carbocycles. The molecule has 0 aliphatic carbocycles. The normalized spacial score (nSPS) is 16.9. The lowest BCUT2D eigenvalue weighted by atomic mass is 10.1. The highest BCUT2D eigenvalue weighted by Crippen LogP contribution is 2.39. The predicted molar refractivity (Wildman–Crippen MR) is 86.3 cm³/mol. The van der Waals surface area contributed by atoms with Crippen molar-refractivity contribution in [3.05, 3.63) is 64.3 Å². The van der Waals surface area contributed by atoms with Gasteiger partial charge in [0.1, 0.15) is 11.5 Å². The van der Waals surface area contributed by atoms with Gasteiger partial charge >= 0.3 is 0 Å². The third kappa shape index (κ3) is 1.96. The Morgan fingerprint density at radius 1 is 1.27 bits per heavy atom. The Balaban J connectivity index is 2.11. The van der Waals surface area contributed by atoms with Gasteiger partial charge < -0.3 is 0 Å². The first-order valence-corrected chi connectivity index (χ1v) is 7.98. The summed E-state index contributed by atoms with van der Waals surface area (Å²) >= 11 is 1.73. The molecular formula is C17H13FN2OS. The molecule has 0 fully saturated rings. The average Bonchev–Trinajstić information content (AvgIpc) is 2.92. The standard InChI is InChI=1S/C17H13FN2OS/c1-10-9-14-15(22-10)13-3-2-8-19-16(13)20(17(14)21)12-6-4-11(18)5-7-12/h2-8,10H,9H2,1H3. The van der Waals surface area contributed by atoms with Crippen molar-refractivity contribution in [3.63, 3.8) is 0 Å². The molecule has 3 nitrogen and oxygen atoms in total. The van der Waals surface area contributed by atoms with Crippen LogP contribution in [-0.2, 0) is 6.42 Å². The second-order valence-corrected chi connectivity index (χ2v) is 6.88. The van der Waals surface area contributed by atoms with Crippen molar-refractivity contribution < 1.29 is 4.39 Å². The molecule has 0 saturated carbocycles. The summed E-state index contributed by atoms with van der Waals surface area (Å²) in [5.74, 6) is -0.320. The van der Waals surface area contributed by atoms with E-state index in [9.17, 15) is 9.18 Å². The van der Waals surface area contributed by atoms with Gasteiger partial charge in [0.15, 0.2) is 0 Å². The van der Waals surface area contributed by atoms with E-state index in [1.165, 1.54) is 12.1 Å². The van der Waals surface area contributed by atoms with Gasteiger partial charge in [0.05, 0.1) is 5.69 Å². The molecule has 1 unspecified atom stereocenters.